The van der Waals surface area contributed by atoms with Crippen LogP contribution < -0.4 is 14.8 Å². The molecule has 6 nitrogen and oxygen atoms in total. The predicted molar refractivity (Wildman–Crippen MR) is 148 cm³/mol. The van der Waals surface area contributed by atoms with Gasteiger partial charge in [0.2, 0.25) is 0 Å². The van der Waals surface area contributed by atoms with Crippen LogP contribution in [0.1, 0.15) is 22.3 Å². The lowest BCUT2D eigenvalue weighted by Gasteiger charge is -2.14. The van der Waals surface area contributed by atoms with Crippen LogP contribution in [0.15, 0.2) is 71.6 Å². The second-order valence-corrected chi connectivity index (χ2v) is 9.99. The Hall–Kier alpha value is -3.62. The Kier molecular flexibility index (Phi) is 8.07. The van der Waals surface area contributed by atoms with Gasteiger partial charge in [-0.05, 0) is 60.4 Å². The fraction of sp³-hybridized carbons (Fsp3) is 0.179. The second-order valence-electron chi connectivity index (χ2n) is 8.32. The van der Waals surface area contributed by atoms with Crippen LogP contribution in [0.4, 0.5) is 5.69 Å². The first-order valence-electron chi connectivity index (χ1n) is 11.3. The van der Waals surface area contributed by atoms with Gasteiger partial charge in [0.05, 0.1) is 18.6 Å². The zero-order chi connectivity index (χ0) is 25.7. The third kappa shape index (κ3) is 6.13. The van der Waals surface area contributed by atoms with E-state index in [0.717, 1.165) is 27.9 Å². The van der Waals surface area contributed by atoms with Crippen LogP contribution in [-0.2, 0) is 16.1 Å². The summed E-state index contributed by atoms with van der Waals surface area (Å²) in [7, 11) is 1.53. The molecule has 0 spiro atoms. The SMILES string of the molecule is COc1cc(/C=C2\SC(=S)N(Cc3ccccc3)C2=O)ccc1OCC(=O)Nc1cc(C)ccc1C. The number of carbonyl (C=O) groups is 2. The van der Waals surface area contributed by atoms with Crippen LogP contribution in [0.3, 0.4) is 0 Å². The van der Waals surface area contributed by atoms with Gasteiger partial charge in [-0.3, -0.25) is 14.5 Å². The first-order valence-corrected chi connectivity index (χ1v) is 12.5. The zero-order valence-corrected chi connectivity index (χ0v) is 21.9. The Morgan fingerprint density at radius 1 is 1.06 bits per heavy atom. The quantitative estimate of drug-likeness (QED) is 0.303. The van der Waals surface area contributed by atoms with Gasteiger partial charge < -0.3 is 14.8 Å². The van der Waals surface area contributed by atoms with Gasteiger partial charge in [-0.2, -0.15) is 0 Å². The number of nitrogens with one attached hydrogen (secondary N) is 1. The number of amides is 2. The fourth-order valence-electron chi connectivity index (χ4n) is 3.65. The minimum absolute atomic E-state index is 0.128. The summed E-state index contributed by atoms with van der Waals surface area (Å²) in [6, 6.07) is 20.9. The maximum atomic E-state index is 13.0. The van der Waals surface area contributed by atoms with E-state index in [1.807, 2.05) is 68.4 Å². The minimum atomic E-state index is -0.267. The molecule has 0 bridgehead atoms. The number of carbonyl (C=O) groups excluding carboxylic acids is 2. The molecule has 3 aromatic carbocycles. The maximum Gasteiger partial charge on any atom is 0.266 e. The van der Waals surface area contributed by atoms with E-state index in [-0.39, 0.29) is 18.4 Å². The molecule has 0 unspecified atom stereocenters. The first kappa shape index (κ1) is 25.5. The highest BCUT2D eigenvalue weighted by Gasteiger charge is 2.32. The maximum absolute atomic E-state index is 13.0. The summed E-state index contributed by atoms with van der Waals surface area (Å²) < 4.78 is 11.7. The van der Waals surface area contributed by atoms with Crippen molar-refractivity contribution >= 4 is 51.9 Å². The van der Waals surface area contributed by atoms with Crippen molar-refractivity contribution in [2.75, 3.05) is 19.0 Å². The summed E-state index contributed by atoms with van der Waals surface area (Å²) in [5, 5.41) is 2.88. The van der Waals surface area contributed by atoms with Gasteiger partial charge in [0.1, 0.15) is 4.32 Å². The van der Waals surface area contributed by atoms with Gasteiger partial charge in [-0.25, -0.2) is 0 Å². The lowest BCUT2D eigenvalue weighted by atomic mass is 10.1. The number of rotatable bonds is 8. The molecule has 0 aliphatic carbocycles. The van der Waals surface area contributed by atoms with Crippen molar-refractivity contribution in [3.63, 3.8) is 0 Å². The van der Waals surface area contributed by atoms with E-state index < -0.39 is 0 Å². The van der Waals surface area contributed by atoms with Crippen molar-refractivity contribution in [2.24, 2.45) is 0 Å². The van der Waals surface area contributed by atoms with E-state index in [0.29, 0.717) is 27.3 Å². The molecular formula is C28H26N2O4S2. The predicted octanol–water partition coefficient (Wildman–Crippen LogP) is 5.73. The lowest BCUT2D eigenvalue weighted by molar-refractivity contribution is -0.122. The number of nitrogens with zero attached hydrogens (tertiary/aromatic N) is 1. The average Bonchev–Trinajstić information content (AvgIpc) is 3.13. The molecule has 0 saturated carbocycles. The third-order valence-corrected chi connectivity index (χ3v) is 6.95. The molecule has 1 aliphatic heterocycles. The van der Waals surface area contributed by atoms with Crippen LogP contribution in [-0.4, -0.2) is 34.8 Å². The van der Waals surface area contributed by atoms with E-state index in [2.05, 4.69) is 5.32 Å². The number of benzene rings is 3. The number of hydrogen-bond acceptors (Lipinski definition) is 6. The number of anilines is 1. The molecule has 0 atom stereocenters. The molecule has 1 heterocycles. The van der Waals surface area contributed by atoms with Crippen LogP contribution in [0.25, 0.3) is 6.08 Å². The van der Waals surface area contributed by atoms with Gasteiger partial charge >= 0.3 is 0 Å². The summed E-state index contributed by atoms with van der Waals surface area (Å²) in [4.78, 5) is 27.5. The molecule has 1 fully saturated rings. The van der Waals surface area contributed by atoms with Crippen LogP contribution in [0.2, 0.25) is 0 Å². The largest absolute Gasteiger partial charge is 0.493 e. The molecule has 1 N–H and O–H groups in total. The summed E-state index contributed by atoms with van der Waals surface area (Å²) in [5.74, 6) is 0.499. The second kappa shape index (κ2) is 11.4. The van der Waals surface area contributed by atoms with E-state index in [1.54, 1.807) is 23.1 Å². The smallest absolute Gasteiger partial charge is 0.266 e. The third-order valence-electron chi connectivity index (χ3n) is 5.57. The zero-order valence-electron chi connectivity index (χ0n) is 20.2. The number of thioether (sulfide) groups is 1. The number of ether oxygens (including phenoxy) is 2. The Morgan fingerprint density at radius 2 is 1.83 bits per heavy atom. The Labute approximate surface area is 220 Å². The van der Waals surface area contributed by atoms with Gasteiger partial charge in [-0.15, -0.1) is 0 Å². The molecule has 1 aliphatic rings. The fourth-order valence-corrected chi connectivity index (χ4v) is 4.90. The summed E-state index contributed by atoms with van der Waals surface area (Å²) in [6.07, 6.45) is 1.78. The summed E-state index contributed by atoms with van der Waals surface area (Å²) in [5.41, 5.74) is 4.57. The molecule has 4 rings (SSSR count). The summed E-state index contributed by atoms with van der Waals surface area (Å²) >= 11 is 6.72. The highest BCUT2D eigenvalue weighted by atomic mass is 32.2. The summed E-state index contributed by atoms with van der Waals surface area (Å²) in [6.45, 7) is 4.18. The molecule has 3 aromatic rings. The van der Waals surface area contributed by atoms with Crippen molar-refractivity contribution in [1.29, 1.82) is 0 Å². The molecule has 184 valence electrons. The molecule has 0 radical (unpaired) electrons. The molecule has 36 heavy (non-hydrogen) atoms. The molecular weight excluding hydrogens is 492 g/mol. The monoisotopic (exact) mass is 518 g/mol. The number of hydrogen-bond donors (Lipinski definition) is 1. The normalized spacial score (nSPS) is 14.3. The van der Waals surface area contributed by atoms with Gasteiger partial charge in [-0.1, -0.05) is 72.5 Å². The standard InChI is InChI=1S/C28H26N2O4S2/c1-18-9-10-19(2)22(13-18)29-26(31)17-34-23-12-11-21(14-24(23)33-3)15-25-27(32)30(28(35)36-25)16-20-7-5-4-6-8-20/h4-15H,16-17H2,1-3H3,(H,29,31)/b25-15-. The van der Waals surface area contributed by atoms with Crippen LogP contribution in [0, 0.1) is 13.8 Å². The van der Waals surface area contributed by atoms with Crippen molar-refractivity contribution in [3.8, 4) is 11.5 Å². The minimum Gasteiger partial charge on any atom is -0.493 e. The van der Waals surface area contributed by atoms with E-state index in [4.69, 9.17) is 21.7 Å². The Balaban J connectivity index is 1.42. The van der Waals surface area contributed by atoms with Crippen molar-refractivity contribution in [3.05, 3.63) is 93.9 Å². The average molecular weight is 519 g/mol. The highest BCUT2D eigenvalue weighted by Crippen LogP contribution is 2.35. The Bertz CT molecular complexity index is 1340. The van der Waals surface area contributed by atoms with E-state index >= 15 is 0 Å². The number of thiocarbonyl (C=S) groups is 1. The molecule has 2 amide bonds. The number of aryl methyl sites for hydroxylation is 2. The van der Waals surface area contributed by atoms with Crippen LogP contribution in [0.5, 0.6) is 11.5 Å². The first-order chi connectivity index (χ1) is 17.3. The van der Waals surface area contributed by atoms with Gasteiger partial charge in [0.15, 0.2) is 18.1 Å². The lowest BCUT2D eigenvalue weighted by Crippen LogP contribution is -2.27. The Morgan fingerprint density at radius 3 is 2.58 bits per heavy atom. The number of methoxy groups -OCH3 is 1. The molecule has 1 saturated heterocycles. The topological polar surface area (TPSA) is 67.9 Å². The van der Waals surface area contributed by atoms with Gasteiger partial charge in [0, 0.05) is 5.69 Å². The molecule has 8 heteroatoms. The van der Waals surface area contributed by atoms with Crippen molar-refractivity contribution < 1.29 is 19.1 Å². The van der Waals surface area contributed by atoms with Crippen LogP contribution >= 0.6 is 24.0 Å². The molecule has 0 aromatic heterocycles. The van der Waals surface area contributed by atoms with Crippen molar-refractivity contribution in [1.82, 2.24) is 4.90 Å². The van der Waals surface area contributed by atoms with E-state index in [1.165, 1.54) is 18.9 Å². The van der Waals surface area contributed by atoms with E-state index in [9.17, 15) is 9.59 Å². The highest BCUT2D eigenvalue weighted by molar-refractivity contribution is 8.26. The van der Waals surface area contributed by atoms with Crippen molar-refractivity contribution in [2.45, 2.75) is 20.4 Å². The van der Waals surface area contributed by atoms with Gasteiger partial charge in [0.25, 0.3) is 11.8 Å².